The summed E-state index contributed by atoms with van der Waals surface area (Å²) in [5.74, 6) is -2.23. The van der Waals surface area contributed by atoms with Gasteiger partial charge in [-0.05, 0) is 25.0 Å². The lowest BCUT2D eigenvalue weighted by molar-refractivity contribution is -0.142. The highest BCUT2D eigenvalue weighted by molar-refractivity contribution is 6.08. The number of ether oxygens (including phenoxy) is 1. The largest absolute Gasteiger partial charge is 0.481 e. The zero-order chi connectivity index (χ0) is 17.5. The number of piperidine rings is 1. The number of carbonyl (C=O) groups excluding carboxylic acids is 3. The van der Waals surface area contributed by atoms with Crippen LogP contribution in [0.15, 0.2) is 18.2 Å². The molecule has 0 spiro atoms. The highest BCUT2D eigenvalue weighted by atomic mass is 16.5. The number of aliphatic carboxylic acids is 1. The van der Waals surface area contributed by atoms with E-state index in [2.05, 4.69) is 5.32 Å². The second kappa shape index (κ2) is 5.63. The molecule has 2 aliphatic rings. The first-order valence-electron chi connectivity index (χ1n) is 7.45. The number of nitrogens with zero attached hydrogens (tertiary/aromatic N) is 1. The first kappa shape index (κ1) is 16.0. The molecular formula is C16H16N2O6. The van der Waals surface area contributed by atoms with Gasteiger partial charge in [-0.15, -0.1) is 0 Å². The van der Waals surface area contributed by atoms with Gasteiger partial charge < -0.3 is 14.7 Å². The molecule has 1 aromatic rings. The highest BCUT2D eigenvalue weighted by Crippen LogP contribution is 2.37. The van der Waals surface area contributed by atoms with Gasteiger partial charge in [0.1, 0.15) is 11.3 Å². The van der Waals surface area contributed by atoms with Crippen molar-refractivity contribution in [1.82, 2.24) is 10.2 Å². The summed E-state index contributed by atoms with van der Waals surface area (Å²) in [6.45, 7) is 1.27. The van der Waals surface area contributed by atoms with Crippen molar-refractivity contribution in [3.8, 4) is 5.75 Å². The Morgan fingerprint density at radius 2 is 2.12 bits per heavy atom. The lowest BCUT2D eigenvalue weighted by Crippen LogP contribution is -2.61. The summed E-state index contributed by atoms with van der Waals surface area (Å²) in [5.41, 5.74) is -0.202. The highest BCUT2D eigenvalue weighted by Gasteiger charge is 2.49. The van der Waals surface area contributed by atoms with Gasteiger partial charge in [-0.1, -0.05) is 12.1 Å². The Bertz CT molecular complexity index is 759. The van der Waals surface area contributed by atoms with Gasteiger partial charge in [-0.2, -0.15) is 0 Å². The first-order valence-corrected chi connectivity index (χ1v) is 7.45. The lowest BCUT2D eigenvalue weighted by Gasteiger charge is -2.39. The molecule has 0 aromatic heterocycles. The van der Waals surface area contributed by atoms with Gasteiger partial charge in [0, 0.05) is 13.0 Å². The maximum absolute atomic E-state index is 12.8. The molecule has 1 fully saturated rings. The molecule has 2 heterocycles. The van der Waals surface area contributed by atoms with Crippen LogP contribution < -0.4 is 10.1 Å². The number of carboxylic acid groups (broad SMARTS) is 1. The fourth-order valence-electron chi connectivity index (χ4n) is 3.04. The molecule has 2 aliphatic heterocycles. The third-order valence-corrected chi connectivity index (χ3v) is 4.43. The van der Waals surface area contributed by atoms with E-state index in [1.54, 1.807) is 19.1 Å². The van der Waals surface area contributed by atoms with Crippen LogP contribution in [0.25, 0.3) is 0 Å². The number of hydrogen-bond donors (Lipinski definition) is 2. The number of carbonyl (C=O) groups is 4. The fraction of sp³-hybridized carbons (Fsp3) is 0.375. The van der Waals surface area contributed by atoms with Crippen molar-refractivity contribution in [2.24, 2.45) is 0 Å². The van der Waals surface area contributed by atoms with Crippen LogP contribution in [-0.2, 0) is 20.9 Å². The maximum atomic E-state index is 12.8. The Balaban J connectivity index is 1.91. The van der Waals surface area contributed by atoms with Gasteiger partial charge in [-0.25, -0.2) is 4.79 Å². The number of benzene rings is 1. The van der Waals surface area contributed by atoms with Crippen LogP contribution in [0, 0.1) is 0 Å². The third kappa shape index (κ3) is 2.49. The average Bonchev–Trinajstić information content (AvgIpc) is 2.88. The standard InChI is InChI=1S/C16H16N2O6/c1-16(6-5-11(19)17-15(16)23)18-7-9-3-2-4-10(13(9)14(18)22)24-8-12(20)21/h2-4H,5-8H2,1H3,(H,20,21)(H,17,19,23). The minimum Gasteiger partial charge on any atom is -0.481 e. The Labute approximate surface area is 137 Å². The van der Waals surface area contributed by atoms with Crippen LogP contribution in [0.2, 0.25) is 0 Å². The van der Waals surface area contributed by atoms with E-state index in [1.807, 2.05) is 0 Å². The van der Waals surface area contributed by atoms with E-state index in [0.29, 0.717) is 5.56 Å². The van der Waals surface area contributed by atoms with Crippen molar-refractivity contribution in [2.45, 2.75) is 31.8 Å². The molecule has 1 saturated heterocycles. The summed E-state index contributed by atoms with van der Waals surface area (Å²) in [6, 6.07) is 4.92. The molecule has 1 aromatic carbocycles. The van der Waals surface area contributed by atoms with Crippen molar-refractivity contribution in [3.05, 3.63) is 29.3 Å². The normalized spacial score (nSPS) is 23.0. The van der Waals surface area contributed by atoms with E-state index < -0.39 is 29.9 Å². The van der Waals surface area contributed by atoms with Crippen LogP contribution >= 0.6 is 0 Å². The van der Waals surface area contributed by atoms with Crippen molar-refractivity contribution in [3.63, 3.8) is 0 Å². The summed E-state index contributed by atoms with van der Waals surface area (Å²) in [5, 5.41) is 11.0. The molecule has 2 N–H and O–H groups in total. The number of nitrogens with one attached hydrogen (secondary N) is 1. The molecule has 0 bridgehead atoms. The molecule has 8 heteroatoms. The molecule has 8 nitrogen and oxygen atoms in total. The average molecular weight is 332 g/mol. The Kier molecular flexibility index (Phi) is 3.75. The van der Waals surface area contributed by atoms with Crippen LogP contribution in [0.5, 0.6) is 5.75 Å². The summed E-state index contributed by atoms with van der Waals surface area (Å²) in [7, 11) is 0. The van der Waals surface area contributed by atoms with Crippen molar-refractivity contribution in [1.29, 1.82) is 0 Å². The second-order valence-corrected chi connectivity index (χ2v) is 6.02. The van der Waals surface area contributed by atoms with Crippen molar-refractivity contribution in [2.75, 3.05) is 6.61 Å². The molecule has 3 rings (SSSR count). The summed E-state index contributed by atoms with van der Waals surface area (Å²) in [4.78, 5) is 48.6. The van der Waals surface area contributed by atoms with Gasteiger partial charge in [0.15, 0.2) is 6.61 Å². The topological polar surface area (TPSA) is 113 Å². The molecule has 0 saturated carbocycles. The van der Waals surface area contributed by atoms with Crippen LogP contribution in [0.1, 0.15) is 35.7 Å². The van der Waals surface area contributed by atoms with Gasteiger partial charge in [0.25, 0.3) is 11.8 Å². The third-order valence-electron chi connectivity index (χ3n) is 4.43. The zero-order valence-corrected chi connectivity index (χ0v) is 13.0. The fourth-order valence-corrected chi connectivity index (χ4v) is 3.04. The number of rotatable bonds is 4. The van der Waals surface area contributed by atoms with E-state index in [-0.39, 0.29) is 36.6 Å². The number of amides is 3. The van der Waals surface area contributed by atoms with E-state index in [9.17, 15) is 19.2 Å². The predicted octanol–water partition coefficient (Wildman–Crippen LogP) is 0.301. The van der Waals surface area contributed by atoms with E-state index in [1.165, 1.54) is 11.0 Å². The summed E-state index contributed by atoms with van der Waals surface area (Å²) < 4.78 is 5.19. The smallest absolute Gasteiger partial charge is 0.341 e. The lowest BCUT2D eigenvalue weighted by atomic mass is 9.89. The molecule has 1 unspecified atom stereocenters. The molecule has 126 valence electrons. The van der Waals surface area contributed by atoms with Gasteiger partial charge >= 0.3 is 5.97 Å². The molecule has 1 atom stereocenters. The molecule has 0 aliphatic carbocycles. The van der Waals surface area contributed by atoms with Crippen LogP contribution in [0.3, 0.4) is 0 Å². The second-order valence-electron chi connectivity index (χ2n) is 6.02. The number of imide groups is 1. The summed E-state index contributed by atoms with van der Waals surface area (Å²) >= 11 is 0. The van der Waals surface area contributed by atoms with Crippen LogP contribution in [0.4, 0.5) is 0 Å². The van der Waals surface area contributed by atoms with Crippen LogP contribution in [-0.4, -0.2) is 45.8 Å². The van der Waals surface area contributed by atoms with Gasteiger partial charge in [0.05, 0.1) is 5.56 Å². The molecule has 24 heavy (non-hydrogen) atoms. The number of carboxylic acids is 1. The molecular weight excluding hydrogens is 316 g/mol. The predicted molar refractivity (Wildman–Crippen MR) is 80.2 cm³/mol. The van der Waals surface area contributed by atoms with Gasteiger partial charge in [-0.3, -0.25) is 19.7 Å². The minimum absolute atomic E-state index is 0.157. The Morgan fingerprint density at radius 3 is 2.79 bits per heavy atom. The Hall–Kier alpha value is -2.90. The van der Waals surface area contributed by atoms with E-state index in [0.717, 1.165) is 0 Å². The first-order chi connectivity index (χ1) is 11.3. The SMILES string of the molecule is CC1(N2Cc3cccc(OCC(=O)O)c3C2=O)CCC(=O)NC1=O. The van der Waals surface area contributed by atoms with E-state index in [4.69, 9.17) is 9.84 Å². The van der Waals surface area contributed by atoms with Crippen molar-refractivity contribution < 1.29 is 29.0 Å². The monoisotopic (exact) mass is 332 g/mol. The van der Waals surface area contributed by atoms with Crippen molar-refractivity contribution >= 4 is 23.7 Å². The minimum atomic E-state index is -1.15. The summed E-state index contributed by atoms with van der Waals surface area (Å²) in [6.07, 6.45) is 0.396. The zero-order valence-electron chi connectivity index (χ0n) is 13.0. The Morgan fingerprint density at radius 1 is 1.38 bits per heavy atom. The number of fused-ring (bicyclic) bond motifs is 1. The van der Waals surface area contributed by atoms with E-state index >= 15 is 0 Å². The maximum Gasteiger partial charge on any atom is 0.341 e. The molecule has 0 radical (unpaired) electrons. The quantitative estimate of drug-likeness (QED) is 0.767. The number of hydrogen-bond acceptors (Lipinski definition) is 5. The van der Waals surface area contributed by atoms with Gasteiger partial charge in [0.2, 0.25) is 5.91 Å². The molecule has 3 amide bonds.